The minimum absolute atomic E-state index is 0.405. The Balaban J connectivity index is 3.11. The average molecular weight is 238 g/mol. The van der Waals surface area contributed by atoms with Crippen LogP contribution in [0.2, 0.25) is 0 Å². The first-order valence-electron chi connectivity index (χ1n) is 5.65. The van der Waals surface area contributed by atoms with Crippen LogP contribution in [0.3, 0.4) is 0 Å². The van der Waals surface area contributed by atoms with E-state index < -0.39 is 17.3 Å². The van der Waals surface area contributed by atoms with Gasteiger partial charge in [-0.25, -0.2) is 9.78 Å². The quantitative estimate of drug-likeness (QED) is 0.790. The molecular weight excluding hydrogens is 220 g/mol. The van der Waals surface area contributed by atoms with Gasteiger partial charge >= 0.3 is 6.09 Å². The Bertz CT molecular complexity index is 458. The van der Waals surface area contributed by atoms with Crippen molar-refractivity contribution in [1.82, 2.24) is 9.55 Å². The van der Waals surface area contributed by atoms with Crippen molar-refractivity contribution < 1.29 is 9.53 Å². The van der Waals surface area contributed by atoms with E-state index in [-0.39, 0.29) is 0 Å². The van der Waals surface area contributed by atoms with E-state index in [1.165, 1.54) is 12.3 Å². The van der Waals surface area contributed by atoms with Gasteiger partial charge in [0, 0.05) is 18.7 Å². The number of carbonyl (C=O) groups is 1. The zero-order valence-electron chi connectivity index (χ0n) is 10.7. The molecule has 0 saturated carbocycles. The van der Waals surface area contributed by atoms with Crippen molar-refractivity contribution >= 4 is 6.09 Å². The average Bonchev–Trinajstić information content (AvgIpc) is 2.15. The van der Waals surface area contributed by atoms with Gasteiger partial charge in [0.1, 0.15) is 11.4 Å². The first-order valence-corrected chi connectivity index (χ1v) is 5.65. The van der Waals surface area contributed by atoms with Crippen LogP contribution < -0.4 is 5.56 Å². The molecule has 0 fully saturated rings. The maximum Gasteiger partial charge on any atom is 0.422 e. The number of aryl methyl sites for hydroxylation is 1. The van der Waals surface area contributed by atoms with Gasteiger partial charge in [-0.2, -0.15) is 4.57 Å². The molecule has 1 heterocycles. The van der Waals surface area contributed by atoms with E-state index in [0.29, 0.717) is 12.2 Å². The second-order valence-electron chi connectivity index (χ2n) is 4.77. The lowest BCUT2D eigenvalue weighted by Crippen LogP contribution is -2.35. The minimum atomic E-state index is -0.668. The van der Waals surface area contributed by atoms with Gasteiger partial charge in [-0.15, -0.1) is 0 Å². The Hall–Kier alpha value is -1.65. The normalized spacial score (nSPS) is 11.3. The standard InChI is InChI=1S/C12H18N2O3/c1-5-6-9-13-8-7-10(15)14(9)11(16)17-12(2,3)4/h7-8H,5-6H2,1-4H3. The summed E-state index contributed by atoms with van der Waals surface area (Å²) in [6.07, 6.45) is 2.11. The molecular formula is C12H18N2O3. The number of aromatic nitrogens is 2. The number of rotatable bonds is 2. The number of carbonyl (C=O) groups excluding carboxylic acids is 1. The zero-order chi connectivity index (χ0) is 13.1. The van der Waals surface area contributed by atoms with Crippen molar-refractivity contribution in [2.24, 2.45) is 0 Å². The lowest BCUT2D eigenvalue weighted by Gasteiger charge is -2.20. The summed E-state index contributed by atoms with van der Waals surface area (Å²) in [4.78, 5) is 27.6. The maximum absolute atomic E-state index is 11.9. The van der Waals surface area contributed by atoms with E-state index >= 15 is 0 Å². The van der Waals surface area contributed by atoms with Crippen LogP contribution in [0.25, 0.3) is 0 Å². The fourth-order valence-electron chi connectivity index (χ4n) is 1.35. The molecule has 94 valence electrons. The Kier molecular flexibility index (Phi) is 4.04. The highest BCUT2D eigenvalue weighted by molar-refractivity contribution is 5.71. The summed E-state index contributed by atoms with van der Waals surface area (Å²) in [5.74, 6) is 0.439. The summed E-state index contributed by atoms with van der Waals surface area (Å²) in [6.45, 7) is 7.22. The molecule has 0 N–H and O–H groups in total. The fraction of sp³-hybridized carbons (Fsp3) is 0.583. The van der Waals surface area contributed by atoms with E-state index in [9.17, 15) is 9.59 Å². The second kappa shape index (κ2) is 5.12. The molecule has 0 spiro atoms. The topological polar surface area (TPSA) is 61.2 Å². The monoisotopic (exact) mass is 238 g/mol. The van der Waals surface area contributed by atoms with Crippen molar-refractivity contribution in [3.05, 3.63) is 28.4 Å². The molecule has 0 atom stereocenters. The summed E-state index contributed by atoms with van der Waals surface area (Å²) in [5.41, 5.74) is -1.03. The van der Waals surface area contributed by atoms with Crippen LogP contribution in [0.15, 0.2) is 17.1 Å². The van der Waals surface area contributed by atoms with Crippen molar-refractivity contribution in [3.63, 3.8) is 0 Å². The zero-order valence-corrected chi connectivity index (χ0v) is 10.7. The van der Waals surface area contributed by atoms with Crippen LogP contribution in [0.4, 0.5) is 4.79 Å². The van der Waals surface area contributed by atoms with E-state index in [2.05, 4.69) is 4.98 Å². The van der Waals surface area contributed by atoms with Crippen molar-refractivity contribution in [3.8, 4) is 0 Å². The van der Waals surface area contributed by atoms with Gasteiger partial charge in [-0.05, 0) is 27.2 Å². The van der Waals surface area contributed by atoms with E-state index in [4.69, 9.17) is 4.74 Å². The summed E-state index contributed by atoms with van der Waals surface area (Å²) in [6, 6.07) is 1.25. The first kappa shape index (κ1) is 13.4. The highest BCUT2D eigenvalue weighted by Crippen LogP contribution is 2.09. The maximum atomic E-state index is 11.9. The molecule has 17 heavy (non-hydrogen) atoms. The predicted octanol–water partition coefficient (Wildman–Crippen LogP) is 1.98. The Morgan fingerprint density at radius 1 is 1.47 bits per heavy atom. The first-order chi connectivity index (χ1) is 7.85. The molecule has 0 bridgehead atoms. The summed E-state index contributed by atoms with van der Waals surface area (Å²) >= 11 is 0. The second-order valence-corrected chi connectivity index (χ2v) is 4.77. The lowest BCUT2D eigenvalue weighted by molar-refractivity contribution is 0.0523. The van der Waals surface area contributed by atoms with Gasteiger partial charge in [0.25, 0.3) is 5.56 Å². The third kappa shape index (κ3) is 3.69. The van der Waals surface area contributed by atoms with Gasteiger partial charge in [-0.1, -0.05) is 6.92 Å². The molecule has 0 unspecified atom stereocenters. The van der Waals surface area contributed by atoms with Gasteiger partial charge in [0.15, 0.2) is 0 Å². The molecule has 1 aromatic heterocycles. The van der Waals surface area contributed by atoms with Crippen LogP contribution in [0.1, 0.15) is 39.9 Å². The van der Waals surface area contributed by atoms with Crippen LogP contribution in [-0.4, -0.2) is 21.2 Å². The van der Waals surface area contributed by atoms with Crippen molar-refractivity contribution in [1.29, 1.82) is 0 Å². The summed E-state index contributed by atoms with van der Waals surface area (Å²) in [7, 11) is 0. The van der Waals surface area contributed by atoms with E-state index in [1.54, 1.807) is 20.8 Å². The highest BCUT2D eigenvalue weighted by Gasteiger charge is 2.20. The summed E-state index contributed by atoms with van der Waals surface area (Å²) < 4.78 is 6.17. The molecule has 1 aromatic rings. The molecule has 0 aliphatic rings. The van der Waals surface area contributed by atoms with Crippen molar-refractivity contribution in [2.75, 3.05) is 0 Å². The van der Waals surface area contributed by atoms with Crippen LogP contribution in [0, 0.1) is 0 Å². The van der Waals surface area contributed by atoms with Crippen LogP contribution in [-0.2, 0) is 11.2 Å². The Morgan fingerprint density at radius 2 is 2.12 bits per heavy atom. The Morgan fingerprint density at radius 3 is 2.65 bits per heavy atom. The summed E-state index contributed by atoms with van der Waals surface area (Å²) in [5, 5.41) is 0. The molecule has 0 amide bonds. The fourth-order valence-corrected chi connectivity index (χ4v) is 1.35. The van der Waals surface area contributed by atoms with Gasteiger partial charge in [0.2, 0.25) is 0 Å². The molecule has 5 nitrogen and oxygen atoms in total. The number of hydrogen-bond acceptors (Lipinski definition) is 4. The molecule has 1 rings (SSSR count). The molecule has 0 aliphatic carbocycles. The minimum Gasteiger partial charge on any atom is -0.443 e. The predicted molar refractivity (Wildman–Crippen MR) is 64.1 cm³/mol. The molecule has 0 aliphatic heterocycles. The lowest BCUT2D eigenvalue weighted by atomic mass is 10.2. The number of ether oxygens (including phenoxy) is 1. The van der Waals surface area contributed by atoms with Gasteiger partial charge in [0.05, 0.1) is 0 Å². The molecule has 0 saturated heterocycles. The number of nitrogens with zero attached hydrogens (tertiary/aromatic N) is 2. The van der Waals surface area contributed by atoms with Gasteiger partial charge in [-0.3, -0.25) is 4.79 Å². The van der Waals surface area contributed by atoms with Crippen molar-refractivity contribution in [2.45, 2.75) is 46.1 Å². The third-order valence-corrected chi connectivity index (χ3v) is 1.97. The SMILES string of the molecule is CCCc1nccc(=O)n1C(=O)OC(C)(C)C. The highest BCUT2D eigenvalue weighted by atomic mass is 16.6. The third-order valence-electron chi connectivity index (χ3n) is 1.97. The van der Waals surface area contributed by atoms with E-state index in [1.807, 2.05) is 6.92 Å². The number of hydrogen-bond donors (Lipinski definition) is 0. The molecule has 5 heteroatoms. The van der Waals surface area contributed by atoms with Crippen LogP contribution >= 0.6 is 0 Å². The van der Waals surface area contributed by atoms with Crippen LogP contribution in [0.5, 0.6) is 0 Å². The smallest absolute Gasteiger partial charge is 0.422 e. The Labute approximate surface area is 100 Å². The van der Waals surface area contributed by atoms with Gasteiger partial charge < -0.3 is 4.74 Å². The largest absolute Gasteiger partial charge is 0.443 e. The molecule has 0 radical (unpaired) electrons. The van der Waals surface area contributed by atoms with E-state index in [0.717, 1.165) is 11.0 Å². The molecule has 0 aromatic carbocycles.